The van der Waals surface area contributed by atoms with Crippen molar-refractivity contribution in [1.82, 2.24) is 15.1 Å². The SMILES string of the molecule is CN1CCCC(NC(=O)N(CC(=O)O)CC2CC2)C1. The number of aliphatic carboxylic acids is 1. The van der Waals surface area contributed by atoms with E-state index in [4.69, 9.17) is 5.11 Å². The zero-order valence-corrected chi connectivity index (χ0v) is 11.5. The van der Waals surface area contributed by atoms with Gasteiger partial charge in [0.2, 0.25) is 0 Å². The van der Waals surface area contributed by atoms with Crippen molar-refractivity contribution in [3.8, 4) is 0 Å². The van der Waals surface area contributed by atoms with Crippen molar-refractivity contribution in [2.75, 3.05) is 33.2 Å². The first-order valence-electron chi connectivity index (χ1n) is 7.00. The number of likely N-dealkylation sites (N-methyl/N-ethyl adjacent to an activating group) is 1. The van der Waals surface area contributed by atoms with Gasteiger partial charge in [0.15, 0.2) is 0 Å². The summed E-state index contributed by atoms with van der Waals surface area (Å²) in [5.41, 5.74) is 0. The fourth-order valence-corrected chi connectivity index (χ4v) is 2.54. The van der Waals surface area contributed by atoms with E-state index in [-0.39, 0.29) is 18.6 Å². The van der Waals surface area contributed by atoms with Crippen LogP contribution in [0.25, 0.3) is 0 Å². The van der Waals surface area contributed by atoms with Gasteiger partial charge in [-0.15, -0.1) is 0 Å². The second kappa shape index (κ2) is 6.23. The molecule has 1 aliphatic carbocycles. The molecule has 2 aliphatic rings. The number of nitrogens with one attached hydrogen (secondary N) is 1. The van der Waals surface area contributed by atoms with Crippen LogP contribution in [0.4, 0.5) is 4.79 Å². The standard InChI is InChI=1S/C13H23N3O3/c1-15-6-2-3-11(8-15)14-13(19)16(9-12(17)18)7-10-4-5-10/h10-11H,2-9H2,1H3,(H,14,19)(H,17,18). The van der Waals surface area contributed by atoms with E-state index in [9.17, 15) is 9.59 Å². The molecule has 2 amide bonds. The largest absolute Gasteiger partial charge is 0.480 e. The molecule has 0 radical (unpaired) electrons. The fourth-order valence-electron chi connectivity index (χ4n) is 2.54. The van der Waals surface area contributed by atoms with E-state index >= 15 is 0 Å². The molecule has 2 fully saturated rings. The van der Waals surface area contributed by atoms with Gasteiger partial charge in [0, 0.05) is 19.1 Å². The zero-order valence-electron chi connectivity index (χ0n) is 11.5. The summed E-state index contributed by atoms with van der Waals surface area (Å²) in [7, 11) is 2.04. The van der Waals surface area contributed by atoms with E-state index in [0.29, 0.717) is 12.5 Å². The lowest BCUT2D eigenvalue weighted by Gasteiger charge is -2.32. The third-order valence-corrected chi connectivity index (χ3v) is 3.74. The Bertz CT molecular complexity index is 344. The summed E-state index contributed by atoms with van der Waals surface area (Å²) in [6, 6.07) is -0.0867. The summed E-state index contributed by atoms with van der Waals surface area (Å²) in [5.74, 6) is -0.448. The molecule has 6 heteroatoms. The number of nitrogens with zero attached hydrogens (tertiary/aromatic N) is 2. The molecule has 108 valence electrons. The average molecular weight is 269 g/mol. The highest BCUT2D eigenvalue weighted by Crippen LogP contribution is 2.29. The summed E-state index contributed by atoms with van der Waals surface area (Å²) in [4.78, 5) is 26.6. The van der Waals surface area contributed by atoms with Crippen LogP contribution in [0, 0.1) is 5.92 Å². The number of carbonyl (C=O) groups is 2. The zero-order chi connectivity index (χ0) is 13.8. The lowest BCUT2D eigenvalue weighted by atomic mass is 10.1. The fraction of sp³-hybridized carbons (Fsp3) is 0.846. The number of hydrogen-bond acceptors (Lipinski definition) is 3. The predicted octanol–water partition coefficient (Wildman–Crippen LogP) is 0.587. The number of likely N-dealkylation sites (tertiary alicyclic amines) is 1. The van der Waals surface area contributed by atoms with Crippen molar-refractivity contribution in [2.45, 2.75) is 31.7 Å². The van der Waals surface area contributed by atoms with Crippen LogP contribution in [0.2, 0.25) is 0 Å². The van der Waals surface area contributed by atoms with Crippen LogP contribution in [-0.4, -0.2) is 66.2 Å². The van der Waals surface area contributed by atoms with Gasteiger partial charge >= 0.3 is 12.0 Å². The second-order valence-corrected chi connectivity index (χ2v) is 5.77. The van der Waals surface area contributed by atoms with Gasteiger partial charge in [0.1, 0.15) is 6.54 Å². The molecule has 2 N–H and O–H groups in total. The molecule has 0 spiro atoms. The summed E-state index contributed by atoms with van der Waals surface area (Å²) in [5, 5.41) is 11.9. The van der Waals surface area contributed by atoms with Crippen LogP contribution < -0.4 is 5.32 Å². The van der Waals surface area contributed by atoms with Gasteiger partial charge in [-0.3, -0.25) is 4.79 Å². The van der Waals surface area contributed by atoms with Gasteiger partial charge < -0.3 is 20.2 Å². The van der Waals surface area contributed by atoms with Crippen molar-refractivity contribution < 1.29 is 14.7 Å². The Balaban J connectivity index is 1.84. The minimum absolute atomic E-state index is 0.141. The van der Waals surface area contributed by atoms with Gasteiger partial charge in [-0.2, -0.15) is 0 Å². The van der Waals surface area contributed by atoms with E-state index in [0.717, 1.165) is 38.8 Å². The van der Waals surface area contributed by atoms with E-state index in [2.05, 4.69) is 10.2 Å². The van der Waals surface area contributed by atoms with Crippen LogP contribution in [0.15, 0.2) is 0 Å². The molecule has 1 atom stereocenters. The van der Waals surface area contributed by atoms with Crippen LogP contribution in [0.3, 0.4) is 0 Å². The van der Waals surface area contributed by atoms with Gasteiger partial charge in [-0.25, -0.2) is 4.79 Å². The lowest BCUT2D eigenvalue weighted by Crippen LogP contribution is -2.52. The topological polar surface area (TPSA) is 72.9 Å². The third-order valence-electron chi connectivity index (χ3n) is 3.74. The van der Waals surface area contributed by atoms with Crippen molar-refractivity contribution >= 4 is 12.0 Å². The number of amides is 2. The van der Waals surface area contributed by atoms with Crippen molar-refractivity contribution in [3.05, 3.63) is 0 Å². The molecule has 0 aromatic heterocycles. The first kappa shape index (κ1) is 14.1. The van der Waals surface area contributed by atoms with Crippen molar-refractivity contribution in [2.24, 2.45) is 5.92 Å². The van der Waals surface area contributed by atoms with Crippen LogP contribution in [-0.2, 0) is 4.79 Å². The minimum atomic E-state index is -0.948. The first-order chi connectivity index (χ1) is 9.04. The van der Waals surface area contributed by atoms with Crippen LogP contribution in [0.1, 0.15) is 25.7 Å². The highest BCUT2D eigenvalue weighted by Gasteiger charge is 2.29. The van der Waals surface area contributed by atoms with Gasteiger partial charge in [0.05, 0.1) is 0 Å². The Labute approximate surface area is 113 Å². The number of carboxylic acids is 1. The molecule has 1 aliphatic heterocycles. The van der Waals surface area contributed by atoms with Crippen molar-refractivity contribution in [3.63, 3.8) is 0 Å². The van der Waals surface area contributed by atoms with Crippen LogP contribution >= 0.6 is 0 Å². The predicted molar refractivity (Wildman–Crippen MR) is 71.0 cm³/mol. The lowest BCUT2D eigenvalue weighted by molar-refractivity contribution is -0.137. The number of carbonyl (C=O) groups excluding carboxylic acids is 1. The maximum Gasteiger partial charge on any atom is 0.323 e. The highest BCUT2D eigenvalue weighted by atomic mass is 16.4. The van der Waals surface area contributed by atoms with E-state index in [1.807, 2.05) is 7.05 Å². The van der Waals surface area contributed by atoms with E-state index < -0.39 is 5.97 Å². The van der Waals surface area contributed by atoms with Crippen molar-refractivity contribution in [1.29, 1.82) is 0 Å². The third kappa shape index (κ3) is 4.70. The molecule has 19 heavy (non-hydrogen) atoms. The molecule has 1 unspecified atom stereocenters. The molecule has 2 rings (SSSR count). The minimum Gasteiger partial charge on any atom is -0.480 e. The molecular formula is C13H23N3O3. The Morgan fingerprint density at radius 3 is 2.68 bits per heavy atom. The Morgan fingerprint density at radius 2 is 2.11 bits per heavy atom. The molecule has 6 nitrogen and oxygen atoms in total. The number of piperidine rings is 1. The maximum atomic E-state index is 12.1. The maximum absolute atomic E-state index is 12.1. The van der Waals surface area contributed by atoms with Crippen LogP contribution in [0.5, 0.6) is 0 Å². The monoisotopic (exact) mass is 269 g/mol. The summed E-state index contributed by atoms with van der Waals surface area (Å²) < 4.78 is 0. The Kier molecular flexibility index (Phi) is 4.63. The number of carboxylic acid groups (broad SMARTS) is 1. The number of urea groups is 1. The summed E-state index contributed by atoms with van der Waals surface area (Å²) in [6.07, 6.45) is 4.26. The molecular weight excluding hydrogens is 246 g/mol. The van der Waals surface area contributed by atoms with E-state index in [1.54, 1.807) is 0 Å². The van der Waals surface area contributed by atoms with E-state index in [1.165, 1.54) is 4.90 Å². The Morgan fingerprint density at radius 1 is 1.37 bits per heavy atom. The van der Waals surface area contributed by atoms with Gasteiger partial charge in [0.25, 0.3) is 0 Å². The normalized spacial score (nSPS) is 23.9. The molecule has 1 heterocycles. The number of rotatable bonds is 5. The van der Waals surface area contributed by atoms with Gasteiger partial charge in [-0.05, 0) is 45.2 Å². The Hall–Kier alpha value is -1.30. The highest BCUT2D eigenvalue weighted by molar-refractivity contribution is 5.80. The molecule has 1 saturated carbocycles. The molecule has 0 aromatic rings. The smallest absolute Gasteiger partial charge is 0.323 e. The summed E-state index contributed by atoms with van der Waals surface area (Å²) in [6.45, 7) is 2.27. The summed E-state index contributed by atoms with van der Waals surface area (Å²) >= 11 is 0. The first-order valence-corrected chi connectivity index (χ1v) is 7.00. The number of hydrogen-bond donors (Lipinski definition) is 2. The molecule has 1 saturated heterocycles. The second-order valence-electron chi connectivity index (χ2n) is 5.77. The average Bonchev–Trinajstić information content (AvgIpc) is 3.11. The quantitative estimate of drug-likeness (QED) is 0.766. The molecule has 0 bridgehead atoms. The van der Waals surface area contributed by atoms with Gasteiger partial charge in [-0.1, -0.05) is 0 Å². The molecule has 0 aromatic carbocycles.